The van der Waals surface area contributed by atoms with Crippen molar-refractivity contribution < 1.29 is 9.90 Å². The summed E-state index contributed by atoms with van der Waals surface area (Å²) < 4.78 is 2.37. The fraction of sp³-hybridized carbons (Fsp3) is 0.773. The summed E-state index contributed by atoms with van der Waals surface area (Å²) >= 11 is 0. The maximum Gasteiger partial charge on any atom is 0.358 e. The molecule has 2 heterocycles. The lowest BCUT2D eigenvalue weighted by Gasteiger charge is -2.03. The van der Waals surface area contributed by atoms with Gasteiger partial charge in [-0.2, -0.15) is 4.68 Å². The molecule has 0 fully saturated rings. The van der Waals surface area contributed by atoms with Crippen LogP contribution in [0.3, 0.4) is 0 Å². The Bertz CT molecular complexity index is 843. The molecule has 8 nitrogen and oxygen atoms in total. The third-order valence-corrected chi connectivity index (χ3v) is 5.62. The molecule has 2 rings (SSSR count). The van der Waals surface area contributed by atoms with Gasteiger partial charge in [-0.3, -0.25) is 0 Å². The smallest absolute Gasteiger partial charge is 0.358 e. The standard InChI is InChI=1S/C22H37N5O3/c1-3-4-5-6-7-8-9-10-11-12-13-14-15-16-17-18-23-19(21(28)29)20-24-25-26(2)22(30)27(18)20/h3-17H2,1-2H3,(H,28,29). The first-order valence-corrected chi connectivity index (χ1v) is 11.6. The number of nitrogens with zero attached hydrogens (tertiary/aromatic N) is 5. The maximum absolute atomic E-state index is 12.3. The van der Waals surface area contributed by atoms with Crippen LogP contribution in [0.1, 0.15) is 113 Å². The first kappa shape index (κ1) is 24.0. The summed E-state index contributed by atoms with van der Waals surface area (Å²) in [4.78, 5) is 27.8. The van der Waals surface area contributed by atoms with Crippen molar-refractivity contribution in [3.63, 3.8) is 0 Å². The summed E-state index contributed by atoms with van der Waals surface area (Å²) in [5.41, 5.74) is -0.605. The van der Waals surface area contributed by atoms with E-state index in [-0.39, 0.29) is 11.3 Å². The van der Waals surface area contributed by atoms with Crippen molar-refractivity contribution >= 4 is 11.6 Å². The van der Waals surface area contributed by atoms with Crippen LogP contribution in [0.2, 0.25) is 0 Å². The second-order valence-corrected chi connectivity index (χ2v) is 8.18. The number of carboxylic acids is 1. The van der Waals surface area contributed by atoms with E-state index in [2.05, 4.69) is 22.2 Å². The predicted molar refractivity (Wildman–Crippen MR) is 117 cm³/mol. The molecule has 0 saturated carbocycles. The van der Waals surface area contributed by atoms with Crippen LogP contribution >= 0.6 is 0 Å². The lowest BCUT2D eigenvalue weighted by atomic mass is 10.0. The Hall–Kier alpha value is -2.25. The third kappa shape index (κ3) is 7.22. The van der Waals surface area contributed by atoms with Gasteiger partial charge in [-0.1, -0.05) is 95.6 Å². The van der Waals surface area contributed by atoms with E-state index in [4.69, 9.17) is 0 Å². The van der Waals surface area contributed by atoms with Gasteiger partial charge in [-0.25, -0.2) is 19.0 Å². The number of carbonyl (C=O) groups is 1. The number of aromatic nitrogens is 5. The van der Waals surface area contributed by atoms with E-state index in [1.807, 2.05) is 0 Å². The lowest BCUT2D eigenvalue weighted by molar-refractivity contribution is 0.0692. The zero-order chi connectivity index (χ0) is 21.8. The van der Waals surface area contributed by atoms with Gasteiger partial charge < -0.3 is 5.11 Å². The van der Waals surface area contributed by atoms with Gasteiger partial charge in [0, 0.05) is 13.5 Å². The van der Waals surface area contributed by atoms with Crippen LogP contribution in [0, 0.1) is 0 Å². The monoisotopic (exact) mass is 419 g/mol. The van der Waals surface area contributed by atoms with E-state index in [1.54, 1.807) is 0 Å². The molecule has 2 aromatic heterocycles. The highest BCUT2D eigenvalue weighted by Crippen LogP contribution is 2.15. The highest BCUT2D eigenvalue weighted by Gasteiger charge is 2.20. The normalized spacial score (nSPS) is 11.4. The minimum Gasteiger partial charge on any atom is -0.476 e. The van der Waals surface area contributed by atoms with Crippen molar-refractivity contribution in [3.8, 4) is 0 Å². The van der Waals surface area contributed by atoms with Crippen LogP contribution < -0.4 is 5.69 Å². The number of unbranched alkanes of at least 4 members (excludes halogenated alkanes) is 13. The van der Waals surface area contributed by atoms with Gasteiger partial charge >= 0.3 is 11.7 Å². The van der Waals surface area contributed by atoms with Gasteiger partial charge in [0.2, 0.25) is 0 Å². The first-order chi connectivity index (χ1) is 14.6. The number of imidazole rings is 1. The zero-order valence-corrected chi connectivity index (χ0v) is 18.6. The molecular formula is C22H37N5O3. The molecular weight excluding hydrogens is 382 g/mol. The molecule has 0 radical (unpaired) electrons. The first-order valence-electron chi connectivity index (χ1n) is 11.6. The van der Waals surface area contributed by atoms with Crippen molar-refractivity contribution in [2.45, 2.75) is 103 Å². The minimum atomic E-state index is -1.19. The van der Waals surface area contributed by atoms with E-state index in [1.165, 1.54) is 82.1 Å². The lowest BCUT2D eigenvalue weighted by Crippen LogP contribution is -2.28. The van der Waals surface area contributed by atoms with Crippen molar-refractivity contribution in [2.75, 3.05) is 0 Å². The Labute approximate surface area is 178 Å². The fourth-order valence-electron chi connectivity index (χ4n) is 3.83. The minimum absolute atomic E-state index is 0.0194. The van der Waals surface area contributed by atoms with Gasteiger partial charge in [0.25, 0.3) is 0 Å². The summed E-state index contributed by atoms with van der Waals surface area (Å²) in [5.74, 6) is -0.737. The molecule has 30 heavy (non-hydrogen) atoms. The second-order valence-electron chi connectivity index (χ2n) is 8.18. The largest absolute Gasteiger partial charge is 0.476 e. The van der Waals surface area contributed by atoms with E-state index in [9.17, 15) is 14.7 Å². The van der Waals surface area contributed by atoms with Crippen LogP contribution in [-0.2, 0) is 13.5 Å². The molecule has 0 aliphatic heterocycles. The number of aromatic carboxylic acids is 1. The Morgan fingerprint density at radius 3 is 1.87 bits per heavy atom. The number of rotatable bonds is 16. The average Bonchev–Trinajstić information content (AvgIpc) is 3.10. The molecule has 0 bridgehead atoms. The fourth-order valence-corrected chi connectivity index (χ4v) is 3.83. The Kier molecular flexibility index (Phi) is 10.5. The molecule has 1 N–H and O–H groups in total. The summed E-state index contributed by atoms with van der Waals surface area (Å²) in [5, 5.41) is 16.8. The Morgan fingerprint density at radius 2 is 1.37 bits per heavy atom. The molecule has 0 aliphatic rings. The van der Waals surface area contributed by atoms with Crippen molar-refractivity contribution in [1.29, 1.82) is 0 Å². The SMILES string of the molecule is CCCCCCCCCCCCCCCCc1nc(C(=O)O)c2nnn(C)c(=O)n12. The molecule has 0 aromatic carbocycles. The number of hydrogen-bond acceptors (Lipinski definition) is 5. The molecule has 168 valence electrons. The molecule has 0 aliphatic carbocycles. The molecule has 8 heteroatoms. The molecule has 0 spiro atoms. The molecule has 2 aromatic rings. The quantitative estimate of drug-likeness (QED) is 0.401. The van der Waals surface area contributed by atoms with Crippen LogP contribution in [-0.4, -0.2) is 35.5 Å². The van der Waals surface area contributed by atoms with Gasteiger partial charge in [-0.15, -0.1) is 5.10 Å². The Morgan fingerprint density at radius 1 is 0.867 bits per heavy atom. The topological polar surface area (TPSA) is 102 Å². The van der Waals surface area contributed by atoms with Crippen molar-refractivity contribution in [1.82, 2.24) is 24.4 Å². The van der Waals surface area contributed by atoms with Crippen molar-refractivity contribution in [2.24, 2.45) is 7.05 Å². The molecule has 0 atom stereocenters. The van der Waals surface area contributed by atoms with E-state index < -0.39 is 11.7 Å². The Balaban J connectivity index is 1.63. The average molecular weight is 420 g/mol. The van der Waals surface area contributed by atoms with Gasteiger partial charge in [0.1, 0.15) is 5.82 Å². The molecule has 0 unspecified atom stereocenters. The zero-order valence-electron chi connectivity index (χ0n) is 18.6. The predicted octanol–water partition coefficient (Wildman–Crippen LogP) is 4.55. The second kappa shape index (κ2) is 13.1. The number of fused-ring (bicyclic) bond motifs is 1. The number of hydrogen-bond donors (Lipinski definition) is 1. The number of aryl methyl sites for hydroxylation is 2. The van der Waals surface area contributed by atoms with Gasteiger partial charge in [0.15, 0.2) is 11.3 Å². The summed E-state index contributed by atoms with van der Waals surface area (Å²) in [6.07, 6.45) is 18.4. The molecule has 0 saturated heterocycles. The van der Waals surface area contributed by atoms with Crippen LogP contribution in [0.4, 0.5) is 0 Å². The van der Waals surface area contributed by atoms with E-state index in [0.717, 1.165) is 23.9 Å². The van der Waals surface area contributed by atoms with Gasteiger partial charge in [0.05, 0.1) is 0 Å². The number of carboxylic acid groups (broad SMARTS) is 1. The van der Waals surface area contributed by atoms with Crippen molar-refractivity contribution in [3.05, 3.63) is 22.0 Å². The third-order valence-electron chi connectivity index (χ3n) is 5.62. The van der Waals surface area contributed by atoms with Crippen LogP contribution in [0.25, 0.3) is 5.65 Å². The highest BCUT2D eigenvalue weighted by molar-refractivity contribution is 5.92. The van der Waals surface area contributed by atoms with Crippen LogP contribution in [0.5, 0.6) is 0 Å². The summed E-state index contributed by atoms with van der Waals surface area (Å²) in [7, 11) is 1.49. The van der Waals surface area contributed by atoms with E-state index >= 15 is 0 Å². The summed E-state index contributed by atoms with van der Waals surface area (Å²) in [6.45, 7) is 2.26. The van der Waals surface area contributed by atoms with Gasteiger partial charge in [-0.05, 0) is 6.42 Å². The maximum atomic E-state index is 12.3. The van der Waals surface area contributed by atoms with E-state index in [0.29, 0.717) is 12.2 Å². The molecule has 0 amide bonds. The summed E-state index contributed by atoms with van der Waals surface area (Å²) in [6, 6.07) is 0. The van der Waals surface area contributed by atoms with Crippen LogP contribution in [0.15, 0.2) is 4.79 Å². The highest BCUT2D eigenvalue weighted by atomic mass is 16.4.